The molecule has 0 aliphatic carbocycles. The first-order valence-corrected chi connectivity index (χ1v) is 7.17. The zero-order chi connectivity index (χ0) is 15.2. The van der Waals surface area contributed by atoms with Gasteiger partial charge in [-0.3, -0.25) is 9.78 Å². The van der Waals surface area contributed by atoms with E-state index in [-0.39, 0.29) is 11.8 Å². The van der Waals surface area contributed by atoms with Gasteiger partial charge in [0.15, 0.2) is 0 Å². The first kappa shape index (κ1) is 15.0. The number of rotatable bonds is 5. The van der Waals surface area contributed by atoms with Gasteiger partial charge >= 0.3 is 0 Å². The molecule has 110 valence electrons. The number of pyridine rings is 1. The van der Waals surface area contributed by atoms with Crippen molar-refractivity contribution < 1.29 is 4.79 Å². The lowest BCUT2D eigenvalue weighted by Gasteiger charge is -2.23. The van der Waals surface area contributed by atoms with Crippen LogP contribution in [0.15, 0.2) is 48.8 Å². The Balaban J connectivity index is 2.07. The number of anilines is 2. The molecule has 2 N–H and O–H groups in total. The summed E-state index contributed by atoms with van der Waals surface area (Å²) in [7, 11) is 0. The monoisotopic (exact) mass is 283 g/mol. The highest BCUT2D eigenvalue weighted by Gasteiger charge is 2.17. The molecule has 0 saturated carbocycles. The van der Waals surface area contributed by atoms with E-state index in [9.17, 15) is 4.79 Å². The third kappa shape index (κ3) is 3.81. The first-order chi connectivity index (χ1) is 10.1. The lowest BCUT2D eigenvalue weighted by atomic mass is 9.97. The fourth-order valence-electron chi connectivity index (χ4n) is 2.34. The van der Waals surface area contributed by atoms with Crippen LogP contribution in [0.1, 0.15) is 31.7 Å². The average molecular weight is 283 g/mol. The molecule has 0 radical (unpaired) electrons. The van der Waals surface area contributed by atoms with Crippen molar-refractivity contribution in [1.82, 2.24) is 4.98 Å². The Bertz CT molecular complexity index is 581. The summed E-state index contributed by atoms with van der Waals surface area (Å²) in [6.45, 7) is 4.69. The molecule has 4 heteroatoms. The van der Waals surface area contributed by atoms with Crippen molar-refractivity contribution in [2.24, 2.45) is 0 Å². The third-order valence-electron chi connectivity index (χ3n) is 3.58. The second-order valence-electron chi connectivity index (χ2n) is 5.12. The second-order valence-corrected chi connectivity index (χ2v) is 5.12. The molecular weight excluding hydrogens is 262 g/mol. The smallest absolute Gasteiger partial charge is 0.227 e. The largest absolute Gasteiger partial charge is 0.399 e. The van der Waals surface area contributed by atoms with Crippen molar-refractivity contribution in [2.75, 3.05) is 17.2 Å². The molecule has 0 aliphatic heterocycles. The Hall–Kier alpha value is -2.36. The summed E-state index contributed by atoms with van der Waals surface area (Å²) in [6, 6.07) is 11.4. The molecule has 1 aromatic carbocycles. The van der Waals surface area contributed by atoms with Crippen molar-refractivity contribution >= 4 is 17.3 Å². The van der Waals surface area contributed by atoms with Gasteiger partial charge in [0.2, 0.25) is 5.91 Å². The van der Waals surface area contributed by atoms with Gasteiger partial charge in [0.05, 0.1) is 0 Å². The van der Waals surface area contributed by atoms with Crippen LogP contribution in [0, 0.1) is 0 Å². The molecule has 1 amide bonds. The summed E-state index contributed by atoms with van der Waals surface area (Å²) in [5, 5.41) is 0. The maximum Gasteiger partial charge on any atom is 0.227 e. The maximum atomic E-state index is 12.5. The lowest BCUT2D eigenvalue weighted by molar-refractivity contribution is -0.118. The highest BCUT2D eigenvalue weighted by atomic mass is 16.2. The van der Waals surface area contributed by atoms with Crippen LogP contribution >= 0.6 is 0 Å². The zero-order valence-corrected chi connectivity index (χ0v) is 12.5. The highest BCUT2D eigenvalue weighted by molar-refractivity contribution is 5.93. The normalized spacial score (nSPS) is 11.9. The van der Waals surface area contributed by atoms with Gasteiger partial charge in [-0.15, -0.1) is 0 Å². The summed E-state index contributed by atoms with van der Waals surface area (Å²) in [5.41, 5.74) is 8.45. The minimum Gasteiger partial charge on any atom is -0.399 e. The molecule has 1 heterocycles. The Labute approximate surface area is 125 Å². The van der Waals surface area contributed by atoms with E-state index in [1.54, 1.807) is 17.3 Å². The van der Waals surface area contributed by atoms with Crippen molar-refractivity contribution in [3.63, 3.8) is 0 Å². The van der Waals surface area contributed by atoms with Crippen molar-refractivity contribution in [2.45, 2.75) is 26.2 Å². The molecule has 1 atom stereocenters. The minimum absolute atomic E-state index is 0.119. The maximum absolute atomic E-state index is 12.5. The van der Waals surface area contributed by atoms with E-state index in [1.807, 2.05) is 43.3 Å². The van der Waals surface area contributed by atoms with Crippen LogP contribution in [0.5, 0.6) is 0 Å². The van der Waals surface area contributed by atoms with E-state index < -0.39 is 0 Å². The molecule has 1 unspecified atom stereocenters. The quantitative estimate of drug-likeness (QED) is 0.857. The molecule has 0 fully saturated rings. The molecule has 0 saturated heterocycles. The van der Waals surface area contributed by atoms with E-state index in [1.165, 1.54) is 0 Å². The van der Waals surface area contributed by atoms with E-state index in [2.05, 4.69) is 11.9 Å². The lowest BCUT2D eigenvalue weighted by Crippen LogP contribution is -2.31. The number of hydrogen-bond acceptors (Lipinski definition) is 3. The SMILES string of the molecule is CCN(C(=O)CC(C)c1ccc(N)cc1)c1ccncc1. The Morgan fingerprint density at radius 1 is 1.19 bits per heavy atom. The first-order valence-electron chi connectivity index (χ1n) is 7.17. The van der Waals surface area contributed by atoms with E-state index in [0.29, 0.717) is 13.0 Å². The standard InChI is InChI=1S/C17H21N3O/c1-3-20(16-8-10-19-11-9-16)17(21)12-13(2)14-4-6-15(18)7-5-14/h4-11,13H,3,12,18H2,1-2H3. The number of nitrogens with two attached hydrogens (primary N) is 1. The van der Waals surface area contributed by atoms with Crippen LogP contribution in [0.2, 0.25) is 0 Å². The minimum atomic E-state index is 0.119. The summed E-state index contributed by atoms with van der Waals surface area (Å²) in [6.07, 6.45) is 3.88. The van der Waals surface area contributed by atoms with Gasteiger partial charge in [0.25, 0.3) is 0 Å². The van der Waals surface area contributed by atoms with Gasteiger partial charge in [-0.25, -0.2) is 0 Å². The Kier molecular flexibility index (Phi) is 4.93. The Morgan fingerprint density at radius 2 is 1.81 bits per heavy atom. The van der Waals surface area contributed by atoms with Crippen LogP contribution in [-0.4, -0.2) is 17.4 Å². The number of hydrogen-bond donors (Lipinski definition) is 1. The van der Waals surface area contributed by atoms with Crippen LogP contribution in [-0.2, 0) is 4.79 Å². The van der Waals surface area contributed by atoms with E-state index in [4.69, 9.17) is 5.73 Å². The van der Waals surface area contributed by atoms with Gasteiger partial charge in [0.1, 0.15) is 0 Å². The number of nitrogen functional groups attached to an aromatic ring is 1. The number of carbonyl (C=O) groups excluding carboxylic acids is 1. The van der Waals surface area contributed by atoms with Crippen molar-refractivity contribution in [3.8, 4) is 0 Å². The molecule has 0 aliphatic rings. The van der Waals surface area contributed by atoms with Gasteiger partial charge in [-0.1, -0.05) is 19.1 Å². The number of aromatic nitrogens is 1. The number of benzene rings is 1. The third-order valence-corrected chi connectivity index (χ3v) is 3.58. The predicted octanol–water partition coefficient (Wildman–Crippen LogP) is 3.21. The topological polar surface area (TPSA) is 59.2 Å². The van der Waals surface area contributed by atoms with Crippen LogP contribution in [0.3, 0.4) is 0 Å². The van der Waals surface area contributed by atoms with Crippen molar-refractivity contribution in [1.29, 1.82) is 0 Å². The van der Waals surface area contributed by atoms with Crippen molar-refractivity contribution in [3.05, 3.63) is 54.4 Å². The molecular formula is C17H21N3O. The second kappa shape index (κ2) is 6.88. The molecule has 0 spiro atoms. The number of nitrogens with zero attached hydrogens (tertiary/aromatic N) is 2. The highest BCUT2D eigenvalue weighted by Crippen LogP contribution is 2.23. The molecule has 2 aromatic rings. The predicted molar refractivity (Wildman–Crippen MR) is 86.2 cm³/mol. The van der Waals surface area contributed by atoms with Crippen LogP contribution in [0.4, 0.5) is 11.4 Å². The van der Waals surface area contributed by atoms with E-state index in [0.717, 1.165) is 16.9 Å². The van der Waals surface area contributed by atoms with Gasteiger partial charge in [0, 0.05) is 36.7 Å². The van der Waals surface area contributed by atoms with Crippen LogP contribution in [0.25, 0.3) is 0 Å². The Morgan fingerprint density at radius 3 is 2.38 bits per heavy atom. The van der Waals surface area contributed by atoms with Crippen LogP contribution < -0.4 is 10.6 Å². The number of amides is 1. The fourth-order valence-corrected chi connectivity index (χ4v) is 2.34. The van der Waals surface area contributed by atoms with Gasteiger partial charge in [-0.2, -0.15) is 0 Å². The zero-order valence-electron chi connectivity index (χ0n) is 12.5. The average Bonchev–Trinajstić information content (AvgIpc) is 2.49. The molecule has 21 heavy (non-hydrogen) atoms. The van der Waals surface area contributed by atoms with Gasteiger partial charge < -0.3 is 10.6 Å². The summed E-state index contributed by atoms with van der Waals surface area (Å²) in [4.78, 5) is 18.3. The summed E-state index contributed by atoms with van der Waals surface area (Å²) < 4.78 is 0. The summed E-state index contributed by atoms with van der Waals surface area (Å²) >= 11 is 0. The van der Waals surface area contributed by atoms with Gasteiger partial charge in [-0.05, 0) is 42.7 Å². The molecule has 4 nitrogen and oxygen atoms in total. The molecule has 1 aromatic heterocycles. The summed E-state index contributed by atoms with van der Waals surface area (Å²) in [5.74, 6) is 0.280. The molecule has 0 bridgehead atoms. The fraction of sp³-hybridized carbons (Fsp3) is 0.294. The van der Waals surface area contributed by atoms with E-state index >= 15 is 0 Å². The molecule has 2 rings (SSSR count). The number of carbonyl (C=O) groups is 1.